The fraction of sp³-hybridized carbons (Fsp3) is 0.0952. The molecule has 0 radical (unpaired) electrons. The Kier molecular flexibility index (Phi) is 4.70. The van der Waals surface area contributed by atoms with Gasteiger partial charge in [0.15, 0.2) is 0 Å². The van der Waals surface area contributed by atoms with Gasteiger partial charge in [0.1, 0.15) is 5.75 Å². The Balaban J connectivity index is 1.78. The van der Waals surface area contributed by atoms with E-state index in [1.54, 1.807) is 12.1 Å². The molecule has 0 amide bonds. The molecule has 5 heteroatoms. The Hall–Kier alpha value is -2.30. The van der Waals surface area contributed by atoms with Gasteiger partial charge in [0.2, 0.25) is 0 Å². The van der Waals surface area contributed by atoms with E-state index in [9.17, 15) is 5.11 Å². The van der Waals surface area contributed by atoms with E-state index in [0.717, 1.165) is 27.0 Å². The highest BCUT2D eigenvalue weighted by Crippen LogP contribution is 2.40. The maximum absolute atomic E-state index is 10.4. The summed E-state index contributed by atoms with van der Waals surface area (Å²) in [5, 5.41) is 17.8. The van der Waals surface area contributed by atoms with Gasteiger partial charge in [-0.05, 0) is 48.0 Å². The molecular weight excluding hydrogens is 412 g/mol. The number of halogens is 2. The topological polar surface area (TPSA) is 35.8 Å². The highest BCUT2D eigenvalue weighted by molar-refractivity contribution is 9.10. The van der Waals surface area contributed by atoms with Crippen LogP contribution in [0.2, 0.25) is 5.02 Å². The quantitative estimate of drug-likeness (QED) is 0.543. The van der Waals surface area contributed by atoms with E-state index in [1.165, 1.54) is 0 Å². The molecule has 3 aromatic rings. The summed E-state index contributed by atoms with van der Waals surface area (Å²) in [7, 11) is 0. The molecule has 0 bridgehead atoms. The predicted molar refractivity (Wildman–Crippen MR) is 110 cm³/mol. The van der Waals surface area contributed by atoms with Crippen molar-refractivity contribution in [3.8, 4) is 5.75 Å². The summed E-state index contributed by atoms with van der Waals surface area (Å²) >= 11 is 9.66. The first-order valence-corrected chi connectivity index (χ1v) is 9.45. The molecule has 0 spiro atoms. The molecule has 1 atom stereocenters. The number of hydrogen-bond acceptors (Lipinski definition) is 3. The molecule has 0 fully saturated rings. The lowest BCUT2D eigenvalue weighted by molar-refractivity contribution is 0.461. The van der Waals surface area contributed by atoms with Crippen molar-refractivity contribution >= 4 is 38.9 Å². The Labute approximate surface area is 165 Å². The van der Waals surface area contributed by atoms with Gasteiger partial charge >= 0.3 is 0 Å². The van der Waals surface area contributed by atoms with Gasteiger partial charge in [0.05, 0.1) is 17.4 Å². The van der Waals surface area contributed by atoms with Crippen molar-refractivity contribution < 1.29 is 5.11 Å². The molecule has 26 heavy (non-hydrogen) atoms. The molecule has 3 nitrogen and oxygen atoms in total. The van der Waals surface area contributed by atoms with Crippen molar-refractivity contribution in [1.29, 1.82) is 0 Å². The molecule has 0 aliphatic carbocycles. The van der Waals surface area contributed by atoms with Crippen molar-refractivity contribution in [1.82, 2.24) is 0 Å². The molecule has 0 saturated carbocycles. The van der Waals surface area contributed by atoms with Crippen LogP contribution in [0.3, 0.4) is 0 Å². The zero-order valence-electron chi connectivity index (χ0n) is 13.8. The minimum Gasteiger partial charge on any atom is -0.508 e. The number of phenolic OH excluding ortho intramolecular Hbond substituents is 1. The maximum Gasteiger partial charge on any atom is 0.121 e. The van der Waals surface area contributed by atoms with Crippen LogP contribution in [0, 0.1) is 0 Å². The monoisotopic (exact) mass is 426 g/mol. The molecule has 0 saturated heterocycles. The molecule has 4 rings (SSSR count). The van der Waals surface area contributed by atoms with E-state index >= 15 is 0 Å². The Bertz CT molecular complexity index is 958. The Morgan fingerprint density at radius 2 is 1.73 bits per heavy atom. The van der Waals surface area contributed by atoms with E-state index in [0.29, 0.717) is 11.4 Å². The number of aromatic hydroxyl groups is 1. The number of nitrogens with zero attached hydrogens (tertiary/aromatic N) is 2. The fourth-order valence-corrected chi connectivity index (χ4v) is 3.63. The van der Waals surface area contributed by atoms with Gasteiger partial charge < -0.3 is 5.11 Å². The smallest absolute Gasteiger partial charge is 0.121 e. The second-order valence-electron chi connectivity index (χ2n) is 6.16. The normalized spacial score (nSPS) is 16.6. The van der Waals surface area contributed by atoms with Crippen LogP contribution in [0.25, 0.3) is 0 Å². The molecule has 3 aromatic carbocycles. The molecule has 1 heterocycles. The second kappa shape index (κ2) is 7.14. The van der Waals surface area contributed by atoms with Gasteiger partial charge in [-0.1, -0.05) is 57.9 Å². The lowest BCUT2D eigenvalue weighted by atomic mass is 9.97. The van der Waals surface area contributed by atoms with Crippen LogP contribution in [-0.2, 0) is 0 Å². The third-order valence-electron chi connectivity index (χ3n) is 4.46. The predicted octanol–water partition coefficient (Wildman–Crippen LogP) is 6.16. The van der Waals surface area contributed by atoms with Gasteiger partial charge in [0, 0.05) is 21.5 Å². The first kappa shape index (κ1) is 17.1. The number of phenols is 1. The van der Waals surface area contributed by atoms with Crippen LogP contribution >= 0.6 is 27.5 Å². The Morgan fingerprint density at radius 1 is 1.00 bits per heavy atom. The number of anilines is 1. The van der Waals surface area contributed by atoms with E-state index in [2.05, 4.69) is 15.9 Å². The summed E-state index contributed by atoms with van der Waals surface area (Å²) in [6.45, 7) is 0. The molecule has 130 valence electrons. The maximum atomic E-state index is 10.4. The molecule has 1 unspecified atom stereocenters. The van der Waals surface area contributed by atoms with Gasteiger partial charge in [-0.25, -0.2) is 0 Å². The number of rotatable bonds is 3. The average Bonchev–Trinajstić information content (AvgIpc) is 3.10. The molecule has 1 aliphatic heterocycles. The van der Waals surface area contributed by atoms with Crippen LogP contribution in [0.15, 0.2) is 82.4 Å². The van der Waals surface area contributed by atoms with Crippen molar-refractivity contribution in [2.24, 2.45) is 5.10 Å². The highest BCUT2D eigenvalue weighted by atomic mass is 79.9. The number of para-hydroxylation sites is 1. The SMILES string of the molecule is Oc1ccc(Cl)cc1C1CC(c2ccc(Br)cc2)=NN1c1ccccc1. The minimum atomic E-state index is -0.116. The highest BCUT2D eigenvalue weighted by Gasteiger charge is 2.31. The zero-order valence-corrected chi connectivity index (χ0v) is 16.2. The van der Waals surface area contributed by atoms with Crippen molar-refractivity contribution in [2.45, 2.75) is 12.5 Å². The van der Waals surface area contributed by atoms with Gasteiger partial charge in [0.25, 0.3) is 0 Å². The van der Waals surface area contributed by atoms with Crippen molar-refractivity contribution in [3.63, 3.8) is 0 Å². The van der Waals surface area contributed by atoms with Crippen LogP contribution in [0.4, 0.5) is 5.69 Å². The largest absolute Gasteiger partial charge is 0.508 e. The van der Waals surface area contributed by atoms with Crippen molar-refractivity contribution in [3.05, 3.63) is 93.4 Å². The summed E-state index contributed by atoms with van der Waals surface area (Å²) in [6.07, 6.45) is 0.685. The molecular formula is C21H16BrClN2O. The van der Waals surface area contributed by atoms with Gasteiger partial charge in [-0.3, -0.25) is 5.01 Å². The second-order valence-corrected chi connectivity index (χ2v) is 7.51. The van der Waals surface area contributed by atoms with Crippen LogP contribution in [0.5, 0.6) is 5.75 Å². The molecule has 1 aliphatic rings. The minimum absolute atomic E-state index is 0.116. The Morgan fingerprint density at radius 3 is 2.46 bits per heavy atom. The van der Waals surface area contributed by atoms with E-state index in [-0.39, 0.29) is 11.8 Å². The average molecular weight is 428 g/mol. The summed E-state index contributed by atoms with van der Waals surface area (Å²) in [4.78, 5) is 0. The standard InChI is InChI=1S/C21H16BrClN2O/c22-15-8-6-14(7-9-15)19-13-20(18-12-16(23)10-11-21(18)26)25(24-19)17-4-2-1-3-5-17/h1-12,20,26H,13H2. The van der Waals surface area contributed by atoms with Crippen molar-refractivity contribution in [2.75, 3.05) is 5.01 Å². The molecule has 0 aromatic heterocycles. The third kappa shape index (κ3) is 3.35. The van der Waals surface area contributed by atoms with Crippen LogP contribution in [0.1, 0.15) is 23.6 Å². The van der Waals surface area contributed by atoms with Gasteiger partial charge in [-0.2, -0.15) is 5.10 Å². The first-order valence-electron chi connectivity index (χ1n) is 8.28. The lowest BCUT2D eigenvalue weighted by Gasteiger charge is -2.24. The van der Waals surface area contributed by atoms with Crippen LogP contribution in [-0.4, -0.2) is 10.8 Å². The third-order valence-corrected chi connectivity index (χ3v) is 5.22. The number of hydrogen-bond donors (Lipinski definition) is 1. The zero-order chi connectivity index (χ0) is 18.1. The number of benzene rings is 3. The van der Waals surface area contributed by atoms with E-state index in [4.69, 9.17) is 16.7 Å². The summed E-state index contributed by atoms with van der Waals surface area (Å²) in [5.41, 5.74) is 3.80. The van der Waals surface area contributed by atoms with E-state index < -0.39 is 0 Å². The van der Waals surface area contributed by atoms with E-state index in [1.807, 2.05) is 65.7 Å². The number of hydrazone groups is 1. The molecule has 1 N–H and O–H groups in total. The summed E-state index contributed by atoms with van der Waals surface area (Å²) in [6, 6.07) is 23.1. The summed E-state index contributed by atoms with van der Waals surface area (Å²) in [5.74, 6) is 0.229. The summed E-state index contributed by atoms with van der Waals surface area (Å²) < 4.78 is 1.03. The van der Waals surface area contributed by atoms with Crippen LogP contribution < -0.4 is 5.01 Å². The fourth-order valence-electron chi connectivity index (χ4n) is 3.18. The lowest BCUT2D eigenvalue weighted by Crippen LogP contribution is -2.18. The van der Waals surface area contributed by atoms with Gasteiger partial charge in [-0.15, -0.1) is 0 Å². The first-order chi connectivity index (χ1) is 12.6.